The standard InChI is InChI=1S/C19H21ClN2O3S/c1-2-14-6-5-7-16(12-14)21-19(23)15-8-9-17(20)18(13-15)26(24,25)22-10-3-4-11-22/h5-9,12-13H,2-4,10-11H2,1H3,(H,21,23). The molecule has 1 amide bonds. The fraction of sp³-hybridized carbons (Fsp3) is 0.316. The number of anilines is 1. The number of carbonyl (C=O) groups excluding carboxylic acids is 1. The van der Waals surface area contributed by atoms with Crippen molar-refractivity contribution < 1.29 is 13.2 Å². The van der Waals surface area contributed by atoms with Gasteiger partial charge in [-0.3, -0.25) is 4.79 Å². The topological polar surface area (TPSA) is 66.5 Å². The lowest BCUT2D eigenvalue weighted by Gasteiger charge is -2.17. The highest BCUT2D eigenvalue weighted by molar-refractivity contribution is 7.89. The molecule has 3 rings (SSSR count). The van der Waals surface area contributed by atoms with Crippen molar-refractivity contribution in [1.82, 2.24) is 4.31 Å². The van der Waals surface area contributed by atoms with Crippen molar-refractivity contribution in [2.24, 2.45) is 0 Å². The minimum Gasteiger partial charge on any atom is -0.322 e. The molecule has 2 aromatic rings. The molecule has 0 saturated carbocycles. The summed E-state index contributed by atoms with van der Waals surface area (Å²) in [6, 6.07) is 11.9. The predicted octanol–water partition coefficient (Wildman–Crippen LogP) is 3.94. The molecular formula is C19H21ClN2O3S. The van der Waals surface area contributed by atoms with E-state index in [-0.39, 0.29) is 21.4 Å². The van der Waals surface area contributed by atoms with Crippen LogP contribution in [0.5, 0.6) is 0 Å². The first kappa shape index (κ1) is 18.9. The maximum Gasteiger partial charge on any atom is 0.255 e. The molecule has 1 N–H and O–H groups in total. The summed E-state index contributed by atoms with van der Waals surface area (Å²) in [4.78, 5) is 12.5. The van der Waals surface area contributed by atoms with E-state index in [4.69, 9.17) is 11.6 Å². The van der Waals surface area contributed by atoms with Crippen molar-refractivity contribution in [1.29, 1.82) is 0 Å². The number of sulfonamides is 1. The lowest BCUT2D eigenvalue weighted by Crippen LogP contribution is -2.28. The van der Waals surface area contributed by atoms with Crippen LogP contribution in [0.1, 0.15) is 35.7 Å². The van der Waals surface area contributed by atoms with Crippen molar-refractivity contribution in [2.45, 2.75) is 31.1 Å². The first-order valence-electron chi connectivity index (χ1n) is 8.62. The molecule has 138 valence electrons. The van der Waals surface area contributed by atoms with Crippen LogP contribution in [0, 0.1) is 0 Å². The average Bonchev–Trinajstić information content (AvgIpc) is 3.17. The van der Waals surface area contributed by atoms with E-state index < -0.39 is 10.0 Å². The quantitative estimate of drug-likeness (QED) is 0.838. The molecule has 0 spiro atoms. The molecule has 0 aliphatic carbocycles. The number of rotatable bonds is 5. The number of carbonyl (C=O) groups is 1. The normalized spacial score (nSPS) is 15.2. The lowest BCUT2D eigenvalue weighted by atomic mass is 10.1. The van der Waals surface area contributed by atoms with E-state index in [1.165, 1.54) is 22.5 Å². The Kier molecular flexibility index (Phi) is 5.65. The fourth-order valence-electron chi connectivity index (χ4n) is 2.98. The summed E-state index contributed by atoms with van der Waals surface area (Å²) in [5, 5.41) is 2.94. The van der Waals surface area contributed by atoms with Crippen LogP contribution in [0.3, 0.4) is 0 Å². The SMILES string of the molecule is CCc1cccc(NC(=O)c2ccc(Cl)c(S(=O)(=O)N3CCCC3)c2)c1. The fourth-order valence-corrected chi connectivity index (χ4v) is 5.00. The number of aryl methyl sites for hydroxylation is 1. The molecule has 0 atom stereocenters. The zero-order valence-corrected chi connectivity index (χ0v) is 16.1. The Morgan fingerprint density at radius 3 is 2.58 bits per heavy atom. The highest BCUT2D eigenvalue weighted by Crippen LogP contribution is 2.28. The maximum absolute atomic E-state index is 12.8. The van der Waals surface area contributed by atoms with Gasteiger partial charge in [0.05, 0.1) is 5.02 Å². The number of benzene rings is 2. The highest BCUT2D eigenvalue weighted by Gasteiger charge is 2.29. The third-order valence-electron chi connectivity index (χ3n) is 4.47. The summed E-state index contributed by atoms with van der Waals surface area (Å²) in [6.07, 6.45) is 2.54. The third kappa shape index (κ3) is 3.92. The minimum atomic E-state index is -3.69. The van der Waals surface area contributed by atoms with Crippen LogP contribution in [0.2, 0.25) is 5.02 Å². The second-order valence-corrected chi connectivity index (χ2v) is 8.58. The van der Waals surface area contributed by atoms with Crippen molar-refractivity contribution in [3.05, 3.63) is 58.6 Å². The van der Waals surface area contributed by atoms with Crippen LogP contribution in [-0.2, 0) is 16.4 Å². The Balaban J connectivity index is 1.88. The molecule has 0 radical (unpaired) electrons. The van der Waals surface area contributed by atoms with Gasteiger partial charge >= 0.3 is 0 Å². The third-order valence-corrected chi connectivity index (χ3v) is 6.85. The molecule has 0 bridgehead atoms. The summed E-state index contributed by atoms with van der Waals surface area (Å²) >= 11 is 6.13. The first-order chi connectivity index (χ1) is 12.4. The van der Waals surface area contributed by atoms with Gasteiger partial charge in [-0.05, 0) is 55.2 Å². The Labute approximate surface area is 159 Å². The predicted molar refractivity (Wildman–Crippen MR) is 103 cm³/mol. The van der Waals surface area contributed by atoms with E-state index in [1.54, 1.807) is 6.07 Å². The van der Waals surface area contributed by atoms with E-state index in [0.29, 0.717) is 18.8 Å². The molecule has 5 nitrogen and oxygen atoms in total. The van der Waals surface area contributed by atoms with Gasteiger partial charge in [-0.15, -0.1) is 0 Å². The van der Waals surface area contributed by atoms with Gasteiger partial charge < -0.3 is 5.32 Å². The Morgan fingerprint density at radius 1 is 1.15 bits per heavy atom. The summed E-state index contributed by atoms with van der Waals surface area (Å²) in [5.74, 6) is -0.368. The zero-order chi connectivity index (χ0) is 18.7. The highest BCUT2D eigenvalue weighted by atomic mass is 35.5. The van der Waals surface area contributed by atoms with Gasteiger partial charge in [0, 0.05) is 24.3 Å². The number of hydrogen-bond donors (Lipinski definition) is 1. The number of nitrogens with one attached hydrogen (secondary N) is 1. The number of hydrogen-bond acceptors (Lipinski definition) is 3. The molecule has 1 aliphatic heterocycles. The van der Waals surface area contributed by atoms with E-state index in [2.05, 4.69) is 5.32 Å². The van der Waals surface area contributed by atoms with Gasteiger partial charge in [0.1, 0.15) is 4.90 Å². The Morgan fingerprint density at radius 2 is 1.88 bits per heavy atom. The molecule has 1 fully saturated rings. The van der Waals surface area contributed by atoms with Gasteiger partial charge in [0.2, 0.25) is 10.0 Å². The molecule has 0 unspecified atom stereocenters. The van der Waals surface area contributed by atoms with Crippen molar-refractivity contribution in [3.63, 3.8) is 0 Å². The van der Waals surface area contributed by atoms with E-state index in [9.17, 15) is 13.2 Å². The molecule has 26 heavy (non-hydrogen) atoms. The molecule has 7 heteroatoms. The molecule has 1 saturated heterocycles. The summed E-state index contributed by atoms with van der Waals surface area (Å²) in [7, 11) is -3.69. The Bertz CT molecular complexity index is 922. The van der Waals surface area contributed by atoms with Gasteiger partial charge in [-0.1, -0.05) is 30.7 Å². The van der Waals surface area contributed by atoms with Crippen LogP contribution in [0.25, 0.3) is 0 Å². The minimum absolute atomic E-state index is 0.0176. The largest absolute Gasteiger partial charge is 0.322 e. The van der Waals surface area contributed by atoms with Gasteiger partial charge in [0.25, 0.3) is 5.91 Å². The summed E-state index contributed by atoms with van der Waals surface area (Å²) in [6.45, 7) is 3.01. The van der Waals surface area contributed by atoms with Crippen molar-refractivity contribution in [3.8, 4) is 0 Å². The summed E-state index contributed by atoms with van der Waals surface area (Å²) in [5.41, 5.74) is 2.04. The van der Waals surface area contributed by atoms with E-state index >= 15 is 0 Å². The molecule has 1 heterocycles. The van der Waals surface area contributed by atoms with Crippen LogP contribution >= 0.6 is 11.6 Å². The molecule has 1 aliphatic rings. The monoisotopic (exact) mass is 392 g/mol. The molecule has 0 aromatic heterocycles. The van der Waals surface area contributed by atoms with Crippen molar-refractivity contribution in [2.75, 3.05) is 18.4 Å². The smallest absolute Gasteiger partial charge is 0.255 e. The van der Waals surface area contributed by atoms with Gasteiger partial charge in [0.15, 0.2) is 0 Å². The summed E-state index contributed by atoms with van der Waals surface area (Å²) < 4.78 is 27.0. The molecule has 2 aromatic carbocycles. The number of halogens is 1. The Hall–Kier alpha value is -1.89. The van der Waals surface area contributed by atoms with Gasteiger partial charge in [-0.2, -0.15) is 4.31 Å². The lowest BCUT2D eigenvalue weighted by molar-refractivity contribution is 0.102. The second kappa shape index (κ2) is 7.78. The second-order valence-electron chi connectivity index (χ2n) is 6.26. The van der Waals surface area contributed by atoms with Gasteiger partial charge in [-0.25, -0.2) is 8.42 Å². The van der Waals surface area contributed by atoms with Crippen LogP contribution in [-0.4, -0.2) is 31.7 Å². The number of amides is 1. The number of nitrogens with zero attached hydrogens (tertiary/aromatic N) is 1. The average molecular weight is 393 g/mol. The molecular weight excluding hydrogens is 372 g/mol. The zero-order valence-electron chi connectivity index (χ0n) is 14.5. The van der Waals surface area contributed by atoms with Crippen LogP contribution in [0.4, 0.5) is 5.69 Å². The van der Waals surface area contributed by atoms with Crippen LogP contribution in [0.15, 0.2) is 47.4 Å². The van der Waals surface area contributed by atoms with E-state index in [1.807, 2.05) is 25.1 Å². The van der Waals surface area contributed by atoms with Crippen LogP contribution < -0.4 is 5.32 Å². The van der Waals surface area contributed by atoms with E-state index in [0.717, 1.165) is 24.8 Å². The van der Waals surface area contributed by atoms with Crippen molar-refractivity contribution >= 4 is 33.2 Å². The maximum atomic E-state index is 12.8. The first-order valence-corrected chi connectivity index (χ1v) is 10.4.